The lowest BCUT2D eigenvalue weighted by Gasteiger charge is -2.32. The summed E-state index contributed by atoms with van der Waals surface area (Å²) in [5, 5.41) is 0. The van der Waals surface area contributed by atoms with Crippen molar-refractivity contribution in [2.24, 2.45) is 0 Å². The molecule has 0 aliphatic carbocycles. The molecule has 1 heterocycles. The number of rotatable bonds is 6. The lowest BCUT2D eigenvalue weighted by Crippen LogP contribution is -2.41. The number of carbonyl (C=O) groups is 1. The van der Waals surface area contributed by atoms with E-state index in [2.05, 4.69) is 4.74 Å². The van der Waals surface area contributed by atoms with Gasteiger partial charge in [0, 0.05) is 18.4 Å². The SMILES string of the molecule is COC(=O)CCCC(F)(F)c1ccc(B2OC(C)(C)C(C)(C)O2)cc1. The van der Waals surface area contributed by atoms with Crippen molar-refractivity contribution >= 4 is 18.6 Å². The van der Waals surface area contributed by atoms with Crippen LogP contribution in [0.15, 0.2) is 24.3 Å². The average Bonchev–Trinajstić information content (AvgIpc) is 2.75. The van der Waals surface area contributed by atoms with Gasteiger partial charge in [-0.05, 0) is 39.6 Å². The fourth-order valence-electron chi connectivity index (χ4n) is 2.56. The molecule has 0 N–H and O–H groups in total. The molecule has 0 aromatic heterocycles. The molecule has 0 unspecified atom stereocenters. The van der Waals surface area contributed by atoms with Gasteiger partial charge in [-0.25, -0.2) is 8.78 Å². The van der Waals surface area contributed by atoms with Crippen molar-refractivity contribution in [2.75, 3.05) is 7.11 Å². The zero-order chi connectivity index (χ0) is 18.9. The smallest absolute Gasteiger partial charge is 0.469 e. The highest BCUT2D eigenvalue weighted by Gasteiger charge is 2.51. The summed E-state index contributed by atoms with van der Waals surface area (Å²) < 4.78 is 44.8. The maximum Gasteiger partial charge on any atom is 0.494 e. The van der Waals surface area contributed by atoms with Crippen LogP contribution < -0.4 is 5.46 Å². The van der Waals surface area contributed by atoms with Gasteiger partial charge in [0.25, 0.3) is 5.92 Å². The first-order valence-electron chi connectivity index (χ1n) is 8.39. The van der Waals surface area contributed by atoms with Gasteiger partial charge in [0.15, 0.2) is 0 Å². The van der Waals surface area contributed by atoms with E-state index in [1.54, 1.807) is 12.1 Å². The number of ether oxygens (including phenoxy) is 1. The largest absolute Gasteiger partial charge is 0.494 e. The fourth-order valence-corrected chi connectivity index (χ4v) is 2.56. The molecule has 138 valence electrons. The quantitative estimate of drug-likeness (QED) is 0.580. The van der Waals surface area contributed by atoms with Gasteiger partial charge in [-0.1, -0.05) is 24.3 Å². The summed E-state index contributed by atoms with van der Waals surface area (Å²) in [6.45, 7) is 7.77. The van der Waals surface area contributed by atoms with Gasteiger partial charge < -0.3 is 14.0 Å². The van der Waals surface area contributed by atoms with Crippen molar-refractivity contribution in [3.05, 3.63) is 29.8 Å². The van der Waals surface area contributed by atoms with E-state index in [0.717, 1.165) is 0 Å². The highest BCUT2D eigenvalue weighted by molar-refractivity contribution is 6.62. The number of benzene rings is 1. The van der Waals surface area contributed by atoms with Crippen LogP contribution in [0.25, 0.3) is 0 Å². The van der Waals surface area contributed by atoms with E-state index in [1.165, 1.54) is 19.2 Å². The van der Waals surface area contributed by atoms with Crippen LogP contribution >= 0.6 is 0 Å². The molecule has 0 saturated carbocycles. The Hall–Kier alpha value is -1.47. The number of carbonyl (C=O) groups excluding carboxylic acids is 1. The van der Waals surface area contributed by atoms with Crippen molar-refractivity contribution in [1.29, 1.82) is 0 Å². The van der Waals surface area contributed by atoms with E-state index in [0.29, 0.717) is 5.46 Å². The Morgan fingerprint density at radius 1 is 1.12 bits per heavy atom. The zero-order valence-corrected chi connectivity index (χ0v) is 15.4. The van der Waals surface area contributed by atoms with Crippen molar-refractivity contribution in [3.63, 3.8) is 0 Å². The number of alkyl halides is 2. The van der Waals surface area contributed by atoms with Crippen LogP contribution in [0.5, 0.6) is 0 Å². The molecule has 4 nitrogen and oxygen atoms in total. The number of esters is 1. The van der Waals surface area contributed by atoms with Gasteiger partial charge in [-0.2, -0.15) is 0 Å². The summed E-state index contributed by atoms with van der Waals surface area (Å²) in [4.78, 5) is 11.0. The Morgan fingerprint density at radius 3 is 2.12 bits per heavy atom. The predicted molar refractivity (Wildman–Crippen MR) is 91.9 cm³/mol. The van der Waals surface area contributed by atoms with E-state index in [-0.39, 0.29) is 18.4 Å². The summed E-state index contributed by atoms with van der Waals surface area (Å²) in [7, 11) is 0.668. The first kappa shape index (κ1) is 19.9. The third kappa shape index (κ3) is 4.39. The normalized spacial score (nSPS) is 19.1. The average molecular weight is 354 g/mol. The topological polar surface area (TPSA) is 44.8 Å². The van der Waals surface area contributed by atoms with Gasteiger partial charge in [0.05, 0.1) is 18.3 Å². The second kappa shape index (κ2) is 7.04. The molecular weight excluding hydrogens is 329 g/mol. The molecule has 1 fully saturated rings. The summed E-state index contributed by atoms with van der Waals surface area (Å²) in [6, 6.07) is 5.98. The lowest BCUT2D eigenvalue weighted by molar-refractivity contribution is -0.141. The zero-order valence-electron chi connectivity index (χ0n) is 15.4. The van der Waals surface area contributed by atoms with Gasteiger partial charge >= 0.3 is 13.1 Å². The monoisotopic (exact) mass is 354 g/mol. The standard InChI is InChI=1S/C18H25BF2O4/c1-16(2)17(3,4)25-19(24-16)14-10-8-13(9-11-14)18(20,21)12-6-7-15(22)23-5/h8-11H,6-7,12H2,1-5H3. The minimum absolute atomic E-state index is 0.0158. The molecule has 1 aromatic carbocycles. The third-order valence-electron chi connectivity index (χ3n) is 4.96. The second-order valence-corrected chi connectivity index (χ2v) is 7.34. The van der Waals surface area contributed by atoms with E-state index in [1.807, 2.05) is 27.7 Å². The molecule has 25 heavy (non-hydrogen) atoms. The van der Waals surface area contributed by atoms with Crippen LogP contribution in [0, 0.1) is 0 Å². The predicted octanol–water partition coefficient (Wildman–Crippen LogP) is 3.42. The molecule has 1 aromatic rings. The Balaban J connectivity index is 2.03. The minimum atomic E-state index is -3.00. The Kier molecular flexibility index (Phi) is 5.59. The van der Waals surface area contributed by atoms with E-state index < -0.39 is 36.6 Å². The summed E-state index contributed by atoms with van der Waals surface area (Å²) in [6.07, 6.45) is -0.352. The maximum absolute atomic E-state index is 14.3. The fraction of sp³-hybridized carbons (Fsp3) is 0.611. The van der Waals surface area contributed by atoms with Crippen LogP contribution in [-0.2, 0) is 24.8 Å². The minimum Gasteiger partial charge on any atom is -0.469 e. The molecule has 0 spiro atoms. The number of methoxy groups -OCH3 is 1. The van der Waals surface area contributed by atoms with Crippen LogP contribution in [0.4, 0.5) is 8.78 Å². The Morgan fingerprint density at radius 2 is 1.64 bits per heavy atom. The number of hydrogen-bond acceptors (Lipinski definition) is 4. The lowest BCUT2D eigenvalue weighted by atomic mass is 9.78. The molecule has 0 radical (unpaired) electrons. The highest BCUT2D eigenvalue weighted by Crippen LogP contribution is 2.37. The summed E-state index contributed by atoms with van der Waals surface area (Å²) in [5.41, 5.74) is -0.340. The summed E-state index contributed by atoms with van der Waals surface area (Å²) in [5.74, 6) is -3.48. The van der Waals surface area contributed by atoms with Crippen LogP contribution in [-0.4, -0.2) is 31.4 Å². The molecule has 0 amide bonds. The molecule has 1 aliphatic rings. The van der Waals surface area contributed by atoms with Gasteiger partial charge in [0.2, 0.25) is 0 Å². The van der Waals surface area contributed by atoms with Crippen LogP contribution in [0.3, 0.4) is 0 Å². The van der Waals surface area contributed by atoms with E-state index in [9.17, 15) is 13.6 Å². The van der Waals surface area contributed by atoms with Crippen molar-refractivity contribution < 1.29 is 27.6 Å². The molecule has 0 bridgehead atoms. The number of hydrogen-bond donors (Lipinski definition) is 0. The second-order valence-electron chi connectivity index (χ2n) is 7.34. The van der Waals surface area contributed by atoms with Gasteiger partial charge in [0.1, 0.15) is 0 Å². The third-order valence-corrected chi connectivity index (χ3v) is 4.96. The summed E-state index contributed by atoms with van der Waals surface area (Å²) >= 11 is 0. The molecule has 2 rings (SSSR count). The van der Waals surface area contributed by atoms with Crippen LogP contribution in [0.2, 0.25) is 0 Å². The van der Waals surface area contributed by atoms with Crippen molar-refractivity contribution in [1.82, 2.24) is 0 Å². The molecular formula is C18H25BF2O4. The van der Waals surface area contributed by atoms with E-state index in [4.69, 9.17) is 9.31 Å². The first-order chi connectivity index (χ1) is 11.5. The molecule has 0 atom stereocenters. The van der Waals surface area contributed by atoms with Crippen LogP contribution in [0.1, 0.15) is 52.5 Å². The molecule has 7 heteroatoms. The van der Waals surface area contributed by atoms with Crippen molar-refractivity contribution in [2.45, 2.75) is 64.1 Å². The Bertz CT molecular complexity index is 598. The molecule has 1 saturated heterocycles. The highest BCUT2D eigenvalue weighted by atomic mass is 19.3. The first-order valence-corrected chi connectivity index (χ1v) is 8.39. The number of halogens is 2. The van der Waals surface area contributed by atoms with Gasteiger partial charge in [-0.3, -0.25) is 4.79 Å². The van der Waals surface area contributed by atoms with Crippen molar-refractivity contribution in [3.8, 4) is 0 Å². The van der Waals surface area contributed by atoms with Gasteiger partial charge in [-0.15, -0.1) is 0 Å². The Labute approximate surface area is 148 Å². The molecule has 1 aliphatic heterocycles. The maximum atomic E-state index is 14.3. The van der Waals surface area contributed by atoms with E-state index >= 15 is 0 Å².